The van der Waals surface area contributed by atoms with Gasteiger partial charge in [-0.05, 0) is 6.07 Å². The van der Waals surface area contributed by atoms with Crippen molar-refractivity contribution in [2.24, 2.45) is 0 Å². The smallest absolute Gasteiger partial charge is 0.264 e. The number of halogens is 3. The summed E-state index contributed by atoms with van der Waals surface area (Å²) >= 11 is 5.57. The molecule has 0 atom stereocenters. The third kappa shape index (κ3) is 2.58. The van der Waals surface area contributed by atoms with Crippen molar-refractivity contribution in [3.8, 4) is 11.9 Å². The summed E-state index contributed by atoms with van der Waals surface area (Å²) < 4.78 is 30.3. The molecule has 0 unspecified atom stereocenters. The molecular weight excluding hydrogens is 238 g/mol. The first kappa shape index (κ1) is 12.7. The Bertz CT molecular complexity index is 418. The summed E-state index contributed by atoms with van der Waals surface area (Å²) in [4.78, 5) is 3.93. The molecule has 0 amide bonds. The number of hydrogen-bond acceptors (Lipinski definition) is 3. The minimum Gasteiger partial charge on any atom is -0.481 e. The van der Waals surface area contributed by atoms with Crippen molar-refractivity contribution in [3.63, 3.8) is 0 Å². The molecule has 0 aliphatic rings. The quantitative estimate of drug-likeness (QED) is 0.768. The first-order chi connectivity index (χ1) is 7.63. The molecule has 1 heterocycles. The number of hydrogen-bond donors (Lipinski definition) is 0. The third-order valence-corrected chi connectivity index (χ3v) is 2.26. The SMILES string of the molecule is COc1nc(CC#N)cc(C(F)F)c1CCl. The fourth-order valence-corrected chi connectivity index (χ4v) is 1.56. The average Bonchev–Trinajstić information content (AvgIpc) is 2.28. The van der Waals surface area contributed by atoms with E-state index < -0.39 is 6.43 Å². The largest absolute Gasteiger partial charge is 0.481 e. The second-order valence-corrected chi connectivity index (χ2v) is 3.23. The van der Waals surface area contributed by atoms with Crippen molar-refractivity contribution in [3.05, 3.63) is 22.9 Å². The zero-order chi connectivity index (χ0) is 12.1. The molecule has 0 saturated carbocycles. The summed E-state index contributed by atoms with van der Waals surface area (Å²) in [6.45, 7) is 0. The van der Waals surface area contributed by atoms with Crippen LogP contribution in [0.4, 0.5) is 8.78 Å². The van der Waals surface area contributed by atoms with Gasteiger partial charge in [-0.2, -0.15) is 5.26 Å². The van der Waals surface area contributed by atoms with Crippen molar-refractivity contribution in [1.29, 1.82) is 5.26 Å². The van der Waals surface area contributed by atoms with Crippen molar-refractivity contribution in [2.45, 2.75) is 18.7 Å². The molecule has 1 aromatic rings. The lowest BCUT2D eigenvalue weighted by atomic mass is 10.1. The van der Waals surface area contributed by atoms with Crippen LogP contribution in [0.2, 0.25) is 0 Å². The molecule has 0 fully saturated rings. The number of nitrogens with zero attached hydrogens (tertiary/aromatic N) is 2. The second-order valence-electron chi connectivity index (χ2n) is 2.96. The lowest BCUT2D eigenvalue weighted by Gasteiger charge is -2.11. The predicted molar refractivity (Wildman–Crippen MR) is 54.6 cm³/mol. The molecule has 0 aliphatic heterocycles. The first-order valence-electron chi connectivity index (χ1n) is 4.41. The van der Waals surface area contributed by atoms with Gasteiger partial charge >= 0.3 is 0 Å². The van der Waals surface area contributed by atoms with Crippen molar-refractivity contribution < 1.29 is 13.5 Å². The number of alkyl halides is 3. The zero-order valence-electron chi connectivity index (χ0n) is 8.51. The van der Waals surface area contributed by atoms with Crippen LogP contribution in [0.15, 0.2) is 6.07 Å². The summed E-state index contributed by atoms with van der Waals surface area (Å²) in [5.74, 6) is -0.0547. The number of nitriles is 1. The minimum atomic E-state index is -2.66. The van der Waals surface area contributed by atoms with Gasteiger partial charge in [-0.3, -0.25) is 0 Å². The fraction of sp³-hybridized carbons (Fsp3) is 0.400. The van der Waals surface area contributed by atoms with E-state index in [4.69, 9.17) is 21.6 Å². The lowest BCUT2D eigenvalue weighted by molar-refractivity contribution is 0.149. The van der Waals surface area contributed by atoms with Gasteiger partial charge in [0.2, 0.25) is 5.88 Å². The van der Waals surface area contributed by atoms with E-state index in [9.17, 15) is 8.78 Å². The fourth-order valence-electron chi connectivity index (χ4n) is 1.29. The van der Waals surface area contributed by atoms with Crippen LogP contribution < -0.4 is 4.74 Å². The number of rotatable bonds is 4. The van der Waals surface area contributed by atoms with E-state index in [1.807, 2.05) is 6.07 Å². The van der Waals surface area contributed by atoms with Crippen molar-refractivity contribution >= 4 is 11.6 Å². The van der Waals surface area contributed by atoms with Crippen molar-refractivity contribution in [1.82, 2.24) is 4.98 Å². The van der Waals surface area contributed by atoms with E-state index in [2.05, 4.69) is 4.98 Å². The molecule has 1 rings (SSSR count). The van der Waals surface area contributed by atoms with Crippen LogP contribution in [0, 0.1) is 11.3 Å². The van der Waals surface area contributed by atoms with Gasteiger partial charge in [0.25, 0.3) is 6.43 Å². The van der Waals surface area contributed by atoms with Gasteiger partial charge in [-0.1, -0.05) is 0 Å². The highest BCUT2D eigenvalue weighted by Gasteiger charge is 2.19. The molecule has 0 saturated heterocycles. The monoisotopic (exact) mass is 246 g/mol. The van der Waals surface area contributed by atoms with Gasteiger partial charge in [-0.25, -0.2) is 13.8 Å². The van der Waals surface area contributed by atoms with E-state index in [0.29, 0.717) is 0 Å². The lowest BCUT2D eigenvalue weighted by Crippen LogP contribution is -2.03. The maximum atomic E-state index is 12.7. The van der Waals surface area contributed by atoms with Crippen LogP contribution in [0.1, 0.15) is 23.2 Å². The Morgan fingerprint density at radius 2 is 2.31 bits per heavy atom. The van der Waals surface area contributed by atoms with Gasteiger partial charge in [0.15, 0.2) is 0 Å². The molecule has 6 heteroatoms. The predicted octanol–water partition coefficient (Wildman–Crippen LogP) is 2.83. The van der Waals surface area contributed by atoms with Gasteiger partial charge in [0, 0.05) is 11.1 Å². The van der Waals surface area contributed by atoms with Gasteiger partial charge in [-0.15, -0.1) is 11.6 Å². The van der Waals surface area contributed by atoms with E-state index >= 15 is 0 Å². The molecule has 0 radical (unpaired) electrons. The molecular formula is C10H9ClF2N2O. The minimum absolute atomic E-state index is 0.0430. The third-order valence-electron chi connectivity index (χ3n) is 2.00. The normalized spacial score (nSPS) is 10.2. The molecule has 0 spiro atoms. The molecule has 0 aliphatic carbocycles. The zero-order valence-corrected chi connectivity index (χ0v) is 9.26. The van der Waals surface area contributed by atoms with Crippen LogP contribution in [0.25, 0.3) is 0 Å². The number of ether oxygens (including phenoxy) is 1. The van der Waals surface area contributed by atoms with Gasteiger partial charge < -0.3 is 4.74 Å². The van der Waals surface area contributed by atoms with Crippen LogP contribution in [0.3, 0.4) is 0 Å². The van der Waals surface area contributed by atoms with Gasteiger partial charge in [0.05, 0.1) is 31.2 Å². The average molecular weight is 247 g/mol. The summed E-state index contributed by atoms with van der Waals surface area (Å²) in [6, 6.07) is 3.03. The standard InChI is InChI=1S/C10H9ClF2N2O/c1-16-10-8(5-11)7(9(12)13)4-6(15-10)2-3-14/h4,9H,2,5H2,1H3. The van der Waals surface area contributed by atoms with Crippen LogP contribution in [-0.4, -0.2) is 12.1 Å². The Morgan fingerprint density at radius 1 is 1.62 bits per heavy atom. The molecule has 0 bridgehead atoms. The van der Waals surface area contributed by atoms with Crippen LogP contribution >= 0.6 is 11.6 Å². The summed E-state index contributed by atoms with van der Waals surface area (Å²) in [6.07, 6.45) is -2.71. The first-order valence-corrected chi connectivity index (χ1v) is 4.95. The number of methoxy groups -OCH3 is 1. The van der Waals surface area contributed by atoms with Crippen LogP contribution in [0.5, 0.6) is 5.88 Å². The molecule has 0 aromatic carbocycles. The molecule has 16 heavy (non-hydrogen) atoms. The maximum Gasteiger partial charge on any atom is 0.264 e. The Kier molecular flexibility index (Phi) is 4.44. The maximum absolute atomic E-state index is 12.7. The Hall–Kier alpha value is -1.41. The van der Waals surface area contributed by atoms with E-state index in [0.717, 1.165) is 0 Å². The number of pyridine rings is 1. The van der Waals surface area contributed by atoms with E-state index in [-0.39, 0.29) is 35.0 Å². The highest BCUT2D eigenvalue weighted by atomic mass is 35.5. The Labute approximate surface area is 96.6 Å². The topological polar surface area (TPSA) is 45.9 Å². The molecule has 86 valence electrons. The molecule has 1 aromatic heterocycles. The second kappa shape index (κ2) is 5.61. The van der Waals surface area contributed by atoms with Gasteiger partial charge in [0.1, 0.15) is 0 Å². The number of aromatic nitrogens is 1. The van der Waals surface area contributed by atoms with E-state index in [1.54, 1.807) is 0 Å². The Morgan fingerprint density at radius 3 is 2.75 bits per heavy atom. The van der Waals surface area contributed by atoms with E-state index in [1.165, 1.54) is 13.2 Å². The Balaban J connectivity index is 3.32. The van der Waals surface area contributed by atoms with Crippen molar-refractivity contribution in [2.75, 3.05) is 7.11 Å². The summed E-state index contributed by atoms with van der Waals surface area (Å²) in [5, 5.41) is 8.49. The molecule has 3 nitrogen and oxygen atoms in total. The highest BCUT2D eigenvalue weighted by Crippen LogP contribution is 2.30. The summed E-state index contributed by atoms with van der Waals surface area (Å²) in [5.41, 5.74) is 0.191. The van der Waals surface area contributed by atoms with Crippen LogP contribution in [-0.2, 0) is 12.3 Å². The highest BCUT2D eigenvalue weighted by molar-refractivity contribution is 6.17. The molecule has 0 N–H and O–H groups in total. The summed E-state index contributed by atoms with van der Waals surface area (Å²) in [7, 11) is 1.32.